The molecule has 0 spiro atoms. The fourth-order valence-electron chi connectivity index (χ4n) is 2.91. The van der Waals surface area contributed by atoms with Gasteiger partial charge in [0.25, 0.3) is 0 Å². The molecule has 2 nitrogen and oxygen atoms in total. The number of benzene rings is 1. The Labute approximate surface area is 104 Å². The quantitative estimate of drug-likeness (QED) is 0.845. The zero-order valence-electron chi connectivity index (χ0n) is 10.7. The molecule has 2 heteroatoms. The highest BCUT2D eigenvalue weighted by molar-refractivity contribution is 5.15. The molecule has 1 heterocycles. The van der Waals surface area contributed by atoms with Crippen molar-refractivity contribution in [3.63, 3.8) is 0 Å². The number of aliphatic hydroxyl groups is 1. The summed E-state index contributed by atoms with van der Waals surface area (Å²) < 4.78 is 0. The van der Waals surface area contributed by atoms with E-state index in [1.54, 1.807) is 0 Å². The van der Waals surface area contributed by atoms with E-state index in [0.29, 0.717) is 18.7 Å². The Morgan fingerprint density at radius 2 is 1.88 bits per heavy atom. The molecule has 1 aliphatic rings. The van der Waals surface area contributed by atoms with Crippen molar-refractivity contribution < 1.29 is 5.11 Å². The van der Waals surface area contributed by atoms with E-state index in [-0.39, 0.29) is 0 Å². The van der Waals surface area contributed by atoms with Gasteiger partial charge in [0.2, 0.25) is 0 Å². The Bertz CT molecular complexity index is 325. The summed E-state index contributed by atoms with van der Waals surface area (Å²) >= 11 is 0. The third-order valence-corrected chi connectivity index (χ3v) is 3.81. The van der Waals surface area contributed by atoms with Crippen molar-refractivity contribution in [2.24, 2.45) is 0 Å². The highest BCUT2D eigenvalue weighted by Gasteiger charge is 2.31. The predicted octanol–water partition coefficient (Wildman–Crippen LogP) is 2.81. The standard InChI is InChI=1S/C15H23NO/c1-2-6-14-9-10-15(12-17)16(14)11-13-7-4-3-5-8-13/h3-5,7-8,14-15,17H,2,6,9-12H2,1H3/t14-,15+/m1/s1. The number of hydrogen-bond donors (Lipinski definition) is 1. The first-order chi connectivity index (χ1) is 8.35. The van der Waals surface area contributed by atoms with Crippen LogP contribution in [0.5, 0.6) is 0 Å². The lowest BCUT2D eigenvalue weighted by Gasteiger charge is -2.29. The van der Waals surface area contributed by atoms with Crippen LogP contribution < -0.4 is 0 Å². The van der Waals surface area contributed by atoms with E-state index in [1.165, 1.54) is 24.8 Å². The summed E-state index contributed by atoms with van der Waals surface area (Å²) in [7, 11) is 0. The number of likely N-dealkylation sites (tertiary alicyclic amines) is 1. The maximum absolute atomic E-state index is 9.46. The number of aliphatic hydroxyl groups excluding tert-OH is 1. The fourth-order valence-corrected chi connectivity index (χ4v) is 2.91. The molecule has 0 radical (unpaired) electrons. The first-order valence-corrected chi connectivity index (χ1v) is 6.75. The van der Waals surface area contributed by atoms with Gasteiger partial charge in [0, 0.05) is 18.6 Å². The van der Waals surface area contributed by atoms with Gasteiger partial charge < -0.3 is 5.11 Å². The molecule has 1 aromatic carbocycles. The minimum Gasteiger partial charge on any atom is -0.395 e. The molecule has 1 N–H and O–H groups in total. The average molecular weight is 233 g/mol. The molecule has 1 saturated heterocycles. The third kappa shape index (κ3) is 3.08. The van der Waals surface area contributed by atoms with Gasteiger partial charge in [-0.25, -0.2) is 0 Å². The zero-order valence-corrected chi connectivity index (χ0v) is 10.7. The van der Waals surface area contributed by atoms with Gasteiger partial charge in [-0.2, -0.15) is 0 Å². The van der Waals surface area contributed by atoms with Crippen LogP contribution in [0.4, 0.5) is 0 Å². The molecule has 17 heavy (non-hydrogen) atoms. The second-order valence-corrected chi connectivity index (χ2v) is 5.01. The maximum Gasteiger partial charge on any atom is 0.0587 e. The summed E-state index contributed by atoms with van der Waals surface area (Å²) in [5, 5.41) is 9.46. The van der Waals surface area contributed by atoms with Gasteiger partial charge in [0.15, 0.2) is 0 Å². The van der Waals surface area contributed by atoms with Crippen molar-refractivity contribution >= 4 is 0 Å². The van der Waals surface area contributed by atoms with Crippen LogP contribution in [0.3, 0.4) is 0 Å². The summed E-state index contributed by atoms with van der Waals surface area (Å²) in [4.78, 5) is 2.50. The van der Waals surface area contributed by atoms with Crippen LogP contribution >= 0.6 is 0 Å². The van der Waals surface area contributed by atoms with Crippen molar-refractivity contribution in [1.29, 1.82) is 0 Å². The van der Waals surface area contributed by atoms with E-state index in [2.05, 4.69) is 42.2 Å². The SMILES string of the molecule is CCC[C@@H]1CC[C@@H](CO)N1Cc1ccccc1. The molecular weight excluding hydrogens is 210 g/mol. The van der Waals surface area contributed by atoms with Gasteiger partial charge in [0.1, 0.15) is 0 Å². The molecule has 0 unspecified atom stereocenters. The van der Waals surface area contributed by atoms with Gasteiger partial charge >= 0.3 is 0 Å². The average Bonchev–Trinajstić information content (AvgIpc) is 2.74. The summed E-state index contributed by atoms with van der Waals surface area (Å²) in [6.07, 6.45) is 4.87. The summed E-state index contributed by atoms with van der Waals surface area (Å²) in [6.45, 7) is 3.52. The maximum atomic E-state index is 9.46. The van der Waals surface area contributed by atoms with Crippen molar-refractivity contribution in [3.05, 3.63) is 35.9 Å². The molecule has 0 aliphatic carbocycles. The molecule has 0 saturated carbocycles. The van der Waals surface area contributed by atoms with Crippen LogP contribution in [0.15, 0.2) is 30.3 Å². The monoisotopic (exact) mass is 233 g/mol. The first kappa shape index (κ1) is 12.6. The Morgan fingerprint density at radius 1 is 1.18 bits per heavy atom. The highest BCUT2D eigenvalue weighted by Crippen LogP contribution is 2.28. The smallest absolute Gasteiger partial charge is 0.0587 e. The molecule has 0 aromatic heterocycles. The minimum absolute atomic E-state index is 0.299. The normalized spacial score (nSPS) is 25.3. The topological polar surface area (TPSA) is 23.5 Å². The lowest BCUT2D eigenvalue weighted by molar-refractivity contribution is 0.118. The van der Waals surface area contributed by atoms with Gasteiger partial charge in [0.05, 0.1) is 6.61 Å². The van der Waals surface area contributed by atoms with Crippen molar-refractivity contribution in [3.8, 4) is 0 Å². The van der Waals surface area contributed by atoms with Crippen LogP contribution in [0.2, 0.25) is 0 Å². The Hall–Kier alpha value is -0.860. The van der Waals surface area contributed by atoms with Crippen LogP contribution in [0.1, 0.15) is 38.2 Å². The first-order valence-electron chi connectivity index (χ1n) is 6.75. The largest absolute Gasteiger partial charge is 0.395 e. The molecule has 94 valence electrons. The van der Waals surface area contributed by atoms with Crippen LogP contribution in [-0.4, -0.2) is 28.7 Å². The lowest BCUT2D eigenvalue weighted by atomic mass is 10.1. The van der Waals surface area contributed by atoms with Crippen molar-refractivity contribution in [2.75, 3.05) is 6.61 Å². The van der Waals surface area contributed by atoms with Crippen LogP contribution in [0.25, 0.3) is 0 Å². The number of rotatable bonds is 5. The van der Waals surface area contributed by atoms with E-state index in [9.17, 15) is 5.11 Å². The van der Waals surface area contributed by atoms with Crippen LogP contribution in [-0.2, 0) is 6.54 Å². The van der Waals surface area contributed by atoms with Crippen LogP contribution in [0, 0.1) is 0 Å². The Balaban J connectivity index is 2.04. The molecule has 0 bridgehead atoms. The van der Waals surface area contributed by atoms with Gasteiger partial charge in [-0.3, -0.25) is 4.90 Å². The lowest BCUT2D eigenvalue weighted by Crippen LogP contribution is -2.37. The molecule has 2 rings (SSSR count). The fraction of sp³-hybridized carbons (Fsp3) is 0.600. The third-order valence-electron chi connectivity index (χ3n) is 3.81. The summed E-state index contributed by atoms with van der Waals surface area (Å²) in [6, 6.07) is 11.6. The molecule has 0 amide bonds. The molecule has 2 atom stereocenters. The summed E-state index contributed by atoms with van der Waals surface area (Å²) in [5.74, 6) is 0. The second-order valence-electron chi connectivity index (χ2n) is 5.01. The van der Waals surface area contributed by atoms with E-state index < -0.39 is 0 Å². The molecule has 1 aliphatic heterocycles. The van der Waals surface area contributed by atoms with E-state index in [0.717, 1.165) is 13.0 Å². The highest BCUT2D eigenvalue weighted by atomic mass is 16.3. The number of hydrogen-bond acceptors (Lipinski definition) is 2. The summed E-state index contributed by atoms with van der Waals surface area (Å²) in [5.41, 5.74) is 1.36. The molecule has 1 fully saturated rings. The van der Waals surface area contributed by atoms with E-state index >= 15 is 0 Å². The Morgan fingerprint density at radius 3 is 2.53 bits per heavy atom. The zero-order chi connectivity index (χ0) is 12.1. The van der Waals surface area contributed by atoms with Gasteiger partial charge in [-0.1, -0.05) is 43.7 Å². The molecule has 1 aromatic rings. The minimum atomic E-state index is 0.299. The van der Waals surface area contributed by atoms with Gasteiger partial charge in [-0.05, 0) is 24.8 Å². The van der Waals surface area contributed by atoms with Crippen molar-refractivity contribution in [1.82, 2.24) is 4.90 Å². The van der Waals surface area contributed by atoms with E-state index in [4.69, 9.17) is 0 Å². The molecular formula is C15H23NO. The Kier molecular flexibility index (Phi) is 4.57. The van der Waals surface area contributed by atoms with Gasteiger partial charge in [-0.15, -0.1) is 0 Å². The van der Waals surface area contributed by atoms with Crippen molar-refractivity contribution in [2.45, 2.75) is 51.2 Å². The second kappa shape index (κ2) is 6.18. The number of nitrogens with zero attached hydrogens (tertiary/aromatic N) is 1. The predicted molar refractivity (Wildman–Crippen MR) is 70.8 cm³/mol. The van der Waals surface area contributed by atoms with E-state index in [1.807, 2.05) is 0 Å².